The highest BCUT2D eigenvalue weighted by Crippen LogP contribution is 2.20. The van der Waals surface area contributed by atoms with Crippen molar-refractivity contribution in [1.82, 2.24) is 4.98 Å². The lowest BCUT2D eigenvalue weighted by molar-refractivity contribution is -0.115. The van der Waals surface area contributed by atoms with E-state index >= 15 is 0 Å². The van der Waals surface area contributed by atoms with Crippen LogP contribution in [0.1, 0.15) is 21.1 Å². The molecule has 3 aromatic rings. The van der Waals surface area contributed by atoms with Crippen LogP contribution < -0.4 is 10.1 Å². The SMILES string of the molecule is Cc1nc(C)c(CC(=O)Nc2ccc(OCc3ccccc3)cc2)s1. The van der Waals surface area contributed by atoms with Gasteiger partial charge in [0, 0.05) is 10.6 Å². The Morgan fingerprint density at radius 2 is 1.80 bits per heavy atom. The van der Waals surface area contributed by atoms with Gasteiger partial charge in [-0.15, -0.1) is 11.3 Å². The normalized spacial score (nSPS) is 10.5. The summed E-state index contributed by atoms with van der Waals surface area (Å²) in [5.74, 6) is 0.737. The number of anilines is 1. The molecule has 1 N–H and O–H groups in total. The molecule has 0 aliphatic carbocycles. The molecule has 0 radical (unpaired) electrons. The van der Waals surface area contributed by atoms with Crippen LogP contribution in [0.25, 0.3) is 0 Å². The molecular weight excluding hydrogens is 332 g/mol. The maximum Gasteiger partial charge on any atom is 0.229 e. The fraction of sp³-hybridized carbons (Fsp3) is 0.200. The molecule has 0 spiro atoms. The first-order chi connectivity index (χ1) is 12.1. The largest absolute Gasteiger partial charge is 0.489 e. The summed E-state index contributed by atoms with van der Waals surface area (Å²) in [7, 11) is 0. The third-order valence-corrected chi connectivity index (χ3v) is 4.78. The number of carbonyl (C=O) groups excluding carboxylic acids is 1. The quantitative estimate of drug-likeness (QED) is 0.709. The number of carbonyl (C=O) groups is 1. The van der Waals surface area contributed by atoms with Crippen LogP contribution in [0.15, 0.2) is 54.6 Å². The summed E-state index contributed by atoms with van der Waals surface area (Å²) >= 11 is 1.57. The molecule has 4 nitrogen and oxygen atoms in total. The minimum atomic E-state index is -0.0373. The van der Waals surface area contributed by atoms with Gasteiger partial charge in [-0.2, -0.15) is 0 Å². The molecule has 0 bridgehead atoms. The van der Waals surface area contributed by atoms with Gasteiger partial charge in [0.15, 0.2) is 0 Å². The van der Waals surface area contributed by atoms with E-state index in [0.717, 1.165) is 32.6 Å². The highest BCUT2D eigenvalue weighted by Gasteiger charge is 2.10. The third kappa shape index (κ3) is 4.90. The molecule has 0 saturated carbocycles. The molecule has 1 amide bonds. The van der Waals surface area contributed by atoms with Crippen molar-refractivity contribution in [3.05, 3.63) is 75.7 Å². The van der Waals surface area contributed by atoms with E-state index in [9.17, 15) is 4.79 Å². The molecule has 0 aliphatic heterocycles. The summed E-state index contributed by atoms with van der Waals surface area (Å²) in [4.78, 5) is 17.5. The Bertz CT molecular complexity index is 842. The zero-order valence-electron chi connectivity index (χ0n) is 14.3. The third-order valence-electron chi connectivity index (χ3n) is 3.71. The van der Waals surface area contributed by atoms with E-state index in [4.69, 9.17) is 4.74 Å². The second-order valence-corrected chi connectivity index (χ2v) is 7.05. The number of nitrogens with one attached hydrogen (secondary N) is 1. The van der Waals surface area contributed by atoms with Crippen molar-refractivity contribution in [2.24, 2.45) is 0 Å². The molecule has 5 heteroatoms. The topological polar surface area (TPSA) is 51.2 Å². The minimum absolute atomic E-state index is 0.0373. The van der Waals surface area contributed by atoms with Gasteiger partial charge in [0.25, 0.3) is 0 Å². The Labute approximate surface area is 151 Å². The minimum Gasteiger partial charge on any atom is -0.489 e. The van der Waals surface area contributed by atoms with Gasteiger partial charge >= 0.3 is 0 Å². The maximum absolute atomic E-state index is 12.2. The second kappa shape index (κ2) is 7.94. The lowest BCUT2D eigenvalue weighted by Crippen LogP contribution is -2.14. The molecule has 0 aliphatic rings. The number of hydrogen-bond donors (Lipinski definition) is 1. The Balaban J connectivity index is 1.53. The van der Waals surface area contributed by atoms with E-state index in [2.05, 4.69) is 10.3 Å². The van der Waals surface area contributed by atoms with Crippen LogP contribution in [0.3, 0.4) is 0 Å². The molecule has 1 aromatic heterocycles. The zero-order chi connectivity index (χ0) is 17.6. The first kappa shape index (κ1) is 17.2. The van der Waals surface area contributed by atoms with Gasteiger partial charge in [0.2, 0.25) is 5.91 Å². The van der Waals surface area contributed by atoms with Crippen molar-refractivity contribution in [1.29, 1.82) is 0 Å². The van der Waals surface area contributed by atoms with Crippen molar-refractivity contribution < 1.29 is 9.53 Å². The Morgan fingerprint density at radius 1 is 1.08 bits per heavy atom. The average molecular weight is 352 g/mol. The Kier molecular flexibility index (Phi) is 5.46. The average Bonchev–Trinajstić information content (AvgIpc) is 2.92. The van der Waals surface area contributed by atoms with Crippen LogP contribution in [0, 0.1) is 13.8 Å². The summed E-state index contributed by atoms with van der Waals surface area (Å²) in [5, 5.41) is 3.90. The highest BCUT2D eigenvalue weighted by atomic mass is 32.1. The summed E-state index contributed by atoms with van der Waals surface area (Å²) < 4.78 is 5.75. The van der Waals surface area contributed by atoms with Crippen molar-refractivity contribution >= 4 is 22.9 Å². The van der Waals surface area contributed by atoms with Crippen LogP contribution in [-0.2, 0) is 17.8 Å². The van der Waals surface area contributed by atoms with Gasteiger partial charge in [-0.1, -0.05) is 30.3 Å². The van der Waals surface area contributed by atoms with Crippen molar-refractivity contribution in [2.75, 3.05) is 5.32 Å². The predicted molar refractivity (Wildman–Crippen MR) is 101 cm³/mol. The molecular formula is C20H20N2O2S. The number of ether oxygens (including phenoxy) is 1. The predicted octanol–water partition coefficient (Wildman–Crippen LogP) is 4.52. The van der Waals surface area contributed by atoms with E-state index in [0.29, 0.717) is 13.0 Å². The second-order valence-electron chi connectivity index (χ2n) is 5.77. The van der Waals surface area contributed by atoms with E-state index in [1.54, 1.807) is 11.3 Å². The lowest BCUT2D eigenvalue weighted by atomic mass is 10.2. The van der Waals surface area contributed by atoms with E-state index < -0.39 is 0 Å². The number of amides is 1. The van der Waals surface area contributed by atoms with E-state index in [1.807, 2.05) is 68.4 Å². The highest BCUT2D eigenvalue weighted by molar-refractivity contribution is 7.11. The monoisotopic (exact) mass is 352 g/mol. The molecule has 2 aromatic carbocycles. The van der Waals surface area contributed by atoms with Crippen molar-refractivity contribution in [2.45, 2.75) is 26.9 Å². The number of benzene rings is 2. The first-order valence-electron chi connectivity index (χ1n) is 8.10. The maximum atomic E-state index is 12.2. The number of rotatable bonds is 6. The molecule has 0 saturated heterocycles. The number of nitrogens with zero attached hydrogens (tertiary/aromatic N) is 1. The first-order valence-corrected chi connectivity index (χ1v) is 8.91. The van der Waals surface area contributed by atoms with Crippen LogP contribution in [-0.4, -0.2) is 10.9 Å². The van der Waals surface area contributed by atoms with E-state index in [1.165, 1.54) is 0 Å². The van der Waals surface area contributed by atoms with Gasteiger partial charge in [-0.05, 0) is 43.7 Å². The number of hydrogen-bond acceptors (Lipinski definition) is 4. The van der Waals surface area contributed by atoms with Crippen LogP contribution in [0.2, 0.25) is 0 Å². The summed E-state index contributed by atoms with van der Waals surface area (Å²) in [6.45, 7) is 4.41. The standard InChI is InChI=1S/C20H20N2O2S/c1-14-19(25-15(2)21-14)12-20(23)22-17-8-10-18(11-9-17)24-13-16-6-4-3-5-7-16/h3-11H,12-13H2,1-2H3,(H,22,23). The Hall–Kier alpha value is -2.66. The van der Waals surface area contributed by atoms with E-state index in [-0.39, 0.29) is 5.91 Å². The smallest absolute Gasteiger partial charge is 0.229 e. The van der Waals surface area contributed by atoms with Gasteiger partial charge in [0.1, 0.15) is 12.4 Å². The van der Waals surface area contributed by atoms with Crippen LogP contribution in [0.4, 0.5) is 5.69 Å². The molecule has 1 heterocycles. The summed E-state index contributed by atoms with van der Waals surface area (Å²) in [6, 6.07) is 17.4. The van der Waals surface area contributed by atoms with Gasteiger partial charge < -0.3 is 10.1 Å². The summed E-state index contributed by atoms with van der Waals surface area (Å²) in [6.07, 6.45) is 0.351. The van der Waals surface area contributed by atoms with Crippen molar-refractivity contribution in [3.63, 3.8) is 0 Å². The molecule has 3 rings (SSSR count). The van der Waals surface area contributed by atoms with Crippen LogP contribution >= 0.6 is 11.3 Å². The Morgan fingerprint density at radius 3 is 2.44 bits per heavy atom. The zero-order valence-corrected chi connectivity index (χ0v) is 15.1. The molecule has 128 valence electrons. The van der Waals surface area contributed by atoms with Crippen LogP contribution in [0.5, 0.6) is 5.75 Å². The molecule has 0 unspecified atom stereocenters. The van der Waals surface area contributed by atoms with Crippen molar-refractivity contribution in [3.8, 4) is 5.75 Å². The number of thiazole rings is 1. The lowest BCUT2D eigenvalue weighted by Gasteiger charge is -2.08. The summed E-state index contributed by atoms with van der Waals surface area (Å²) in [5.41, 5.74) is 2.81. The molecule has 0 atom stereocenters. The fourth-order valence-corrected chi connectivity index (χ4v) is 3.40. The fourth-order valence-electron chi connectivity index (χ4n) is 2.46. The van der Waals surface area contributed by atoms with Gasteiger partial charge in [-0.3, -0.25) is 4.79 Å². The van der Waals surface area contributed by atoms with Gasteiger partial charge in [0.05, 0.1) is 17.1 Å². The number of aromatic nitrogens is 1. The molecule has 0 fully saturated rings. The van der Waals surface area contributed by atoms with Gasteiger partial charge in [-0.25, -0.2) is 4.98 Å². The number of aryl methyl sites for hydroxylation is 2. The molecule has 25 heavy (non-hydrogen) atoms.